The topological polar surface area (TPSA) is 74.8 Å². The summed E-state index contributed by atoms with van der Waals surface area (Å²) in [5.41, 5.74) is 0. The zero-order valence-electron chi connectivity index (χ0n) is 9.67. The van der Waals surface area contributed by atoms with E-state index < -0.39 is 20.0 Å². The van der Waals surface area contributed by atoms with E-state index in [-0.39, 0.29) is 24.6 Å². The first-order valence-corrected chi connectivity index (χ1v) is 9.03. The van der Waals surface area contributed by atoms with Crippen molar-refractivity contribution in [2.45, 2.75) is 6.42 Å². The van der Waals surface area contributed by atoms with Gasteiger partial charge < -0.3 is 0 Å². The molecule has 0 amide bonds. The molecule has 0 unspecified atom stereocenters. The van der Waals surface area contributed by atoms with Crippen molar-refractivity contribution < 1.29 is 16.8 Å². The number of rotatable bonds is 5. The number of hydrogen-bond donors (Lipinski definition) is 0. The molecule has 102 valence electrons. The van der Waals surface area contributed by atoms with Crippen molar-refractivity contribution >= 4 is 31.6 Å². The molecule has 9 heteroatoms. The lowest BCUT2D eigenvalue weighted by molar-refractivity contribution is 0.371. The van der Waals surface area contributed by atoms with Crippen LogP contribution in [0.1, 0.15) is 6.42 Å². The third-order valence-corrected chi connectivity index (χ3v) is 6.49. The number of halogens is 1. The van der Waals surface area contributed by atoms with Gasteiger partial charge in [0.25, 0.3) is 10.2 Å². The Bertz CT molecular complexity index is 434. The highest BCUT2D eigenvalue weighted by atomic mass is 35.5. The van der Waals surface area contributed by atoms with E-state index in [4.69, 9.17) is 11.6 Å². The maximum absolute atomic E-state index is 12.0. The molecule has 0 aliphatic carbocycles. The summed E-state index contributed by atoms with van der Waals surface area (Å²) in [4.78, 5) is 0. The smallest absolute Gasteiger partial charge is 0.229 e. The third-order valence-electron chi connectivity index (χ3n) is 2.63. The zero-order valence-corrected chi connectivity index (χ0v) is 12.1. The van der Waals surface area contributed by atoms with Crippen molar-refractivity contribution in [1.29, 1.82) is 0 Å². The van der Waals surface area contributed by atoms with E-state index in [1.807, 2.05) is 0 Å². The van der Waals surface area contributed by atoms with Gasteiger partial charge in [-0.05, 0) is 6.42 Å². The molecular weight excluding hydrogens is 288 g/mol. The molecule has 1 rings (SSSR count). The second-order valence-electron chi connectivity index (χ2n) is 3.92. The van der Waals surface area contributed by atoms with Gasteiger partial charge in [-0.3, -0.25) is 0 Å². The highest BCUT2D eigenvalue weighted by molar-refractivity contribution is 7.91. The maximum Gasteiger partial charge on any atom is 0.281 e. The molecule has 1 aliphatic heterocycles. The van der Waals surface area contributed by atoms with Gasteiger partial charge in [0.15, 0.2) is 9.84 Å². The van der Waals surface area contributed by atoms with Crippen LogP contribution in [0.2, 0.25) is 0 Å². The lowest BCUT2D eigenvalue weighted by Gasteiger charge is -2.29. The predicted molar refractivity (Wildman–Crippen MR) is 67.1 cm³/mol. The van der Waals surface area contributed by atoms with Crippen LogP contribution in [0, 0.1) is 0 Å². The number of nitrogens with zero attached hydrogens (tertiary/aromatic N) is 2. The molecule has 0 radical (unpaired) electrons. The fourth-order valence-electron chi connectivity index (χ4n) is 1.52. The first-order valence-electron chi connectivity index (χ1n) is 5.27. The molecule has 0 atom stereocenters. The minimum Gasteiger partial charge on any atom is -0.229 e. The highest BCUT2D eigenvalue weighted by Gasteiger charge is 2.32. The first-order chi connectivity index (χ1) is 7.79. The highest BCUT2D eigenvalue weighted by Crippen LogP contribution is 2.12. The van der Waals surface area contributed by atoms with Crippen molar-refractivity contribution in [2.75, 3.05) is 44.1 Å². The fourth-order valence-corrected chi connectivity index (χ4v) is 4.47. The summed E-state index contributed by atoms with van der Waals surface area (Å²) >= 11 is 5.50. The molecule has 0 bridgehead atoms. The maximum atomic E-state index is 12.0. The van der Waals surface area contributed by atoms with Gasteiger partial charge in [-0.2, -0.15) is 17.0 Å². The van der Waals surface area contributed by atoms with Crippen LogP contribution in [-0.4, -0.2) is 69.5 Å². The lowest BCUT2D eigenvalue weighted by Crippen LogP contribution is -2.49. The normalized spacial score (nSPS) is 21.8. The molecule has 0 N–H and O–H groups in total. The molecular formula is C8H17ClN2O4S2. The van der Waals surface area contributed by atoms with Crippen molar-refractivity contribution in [2.24, 2.45) is 0 Å². The number of hydrogen-bond acceptors (Lipinski definition) is 4. The average molecular weight is 305 g/mol. The van der Waals surface area contributed by atoms with E-state index in [1.54, 1.807) is 0 Å². The molecule has 1 fully saturated rings. The van der Waals surface area contributed by atoms with Crippen LogP contribution in [0.25, 0.3) is 0 Å². The van der Waals surface area contributed by atoms with Crippen LogP contribution < -0.4 is 0 Å². The average Bonchev–Trinajstić information content (AvgIpc) is 2.25. The van der Waals surface area contributed by atoms with E-state index in [9.17, 15) is 16.8 Å². The molecule has 0 aromatic carbocycles. The van der Waals surface area contributed by atoms with Gasteiger partial charge >= 0.3 is 0 Å². The van der Waals surface area contributed by atoms with Gasteiger partial charge in [-0.15, -0.1) is 11.6 Å². The van der Waals surface area contributed by atoms with Crippen LogP contribution in [0.4, 0.5) is 0 Å². The quantitative estimate of drug-likeness (QED) is 0.643. The Morgan fingerprint density at radius 3 is 2.29 bits per heavy atom. The Hall–Kier alpha value is 0.110. The van der Waals surface area contributed by atoms with Gasteiger partial charge in [0.1, 0.15) is 0 Å². The van der Waals surface area contributed by atoms with Gasteiger partial charge in [-0.25, -0.2) is 8.42 Å². The molecule has 1 aliphatic rings. The SMILES string of the molecule is CN(CCCCl)S(=O)(=O)N1CCS(=O)(=O)CC1. The van der Waals surface area contributed by atoms with Crippen LogP contribution in [-0.2, 0) is 20.0 Å². The Balaban J connectivity index is 2.66. The monoisotopic (exact) mass is 304 g/mol. The summed E-state index contributed by atoms with van der Waals surface area (Å²) in [6.07, 6.45) is 0.573. The molecule has 1 saturated heterocycles. The Morgan fingerprint density at radius 2 is 1.82 bits per heavy atom. The van der Waals surface area contributed by atoms with Gasteiger partial charge in [0.2, 0.25) is 0 Å². The van der Waals surface area contributed by atoms with E-state index in [0.717, 1.165) is 0 Å². The van der Waals surface area contributed by atoms with Crippen molar-refractivity contribution in [3.63, 3.8) is 0 Å². The minimum absolute atomic E-state index is 0.0376. The molecule has 6 nitrogen and oxygen atoms in total. The van der Waals surface area contributed by atoms with Gasteiger partial charge in [0.05, 0.1) is 11.5 Å². The van der Waals surface area contributed by atoms with Gasteiger partial charge in [-0.1, -0.05) is 0 Å². The molecule has 0 aromatic heterocycles. The molecule has 0 saturated carbocycles. The summed E-state index contributed by atoms with van der Waals surface area (Å²) < 4.78 is 48.9. The third kappa shape index (κ3) is 4.06. The summed E-state index contributed by atoms with van der Waals surface area (Å²) in [5.74, 6) is 0.194. The Kier molecular flexibility index (Phi) is 5.21. The van der Waals surface area contributed by atoms with Crippen LogP contribution >= 0.6 is 11.6 Å². The second kappa shape index (κ2) is 5.83. The van der Waals surface area contributed by atoms with Crippen LogP contribution in [0.3, 0.4) is 0 Å². The fraction of sp³-hybridized carbons (Fsp3) is 1.00. The van der Waals surface area contributed by atoms with E-state index >= 15 is 0 Å². The second-order valence-corrected chi connectivity index (χ2v) is 8.64. The lowest BCUT2D eigenvalue weighted by atomic mass is 10.5. The molecule has 17 heavy (non-hydrogen) atoms. The zero-order chi connectivity index (χ0) is 13.1. The first kappa shape index (κ1) is 15.2. The summed E-state index contributed by atoms with van der Waals surface area (Å²) in [7, 11) is -5.13. The van der Waals surface area contributed by atoms with Crippen molar-refractivity contribution in [3.8, 4) is 0 Å². The van der Waals surface area contributed by atoms with Crippen molar-refractivity contribution in [3.05, 3.63) is 0 Å². The molecule has 0 aromatic rings. The molecule has 0 spiro atoms. The number of sulfone groups is 1. The van der Waals surface area contributed by atoms with E-state index in [1.165, 1.54) is 15.7 Å². The summed E-state index contributed by atoms with van der Waals surface area (Å²) in [6.45, 7) is 0.418. The predicted octanol–water partition coefficient (Wildman–Crippen LogP) is -0.478. The summed E-state index contributed by atoms with van der Waals surface area (Å²) in [5, 5.41) is 0. The van der Waals surface area contributed by atoms with Crippen LogP contribution in [0.15, 0.2) is 0 Å². The van der Waals surface area contributed by atoms with Crippen LogP contribution in [0.5, 0.6) is 0 Å². The Labute approximate surface area is 108 Å². The van der Waals surface area contributed by atoms with E-state index in [2.05, 4.69) is 0 Å². The molecule has 1 heterocycles. The largest absolute Gasteiger partial charge is 0.281 e. The standard InChI is InChI=1S/C8H17ClN2O4S2/c1-10(4-2-3-9)17(14,15)11-5-7-16(12,13)8-6-11/h2-8H2,1H3. The summed E-state index contributed by atoms with van der Waals surface area (Å²) in [6, 6.07) is 0. The minimum atomic E-state index is -3.54. The van der Waals surface area contributed by atoms with E-state index in [0.29, 0.717) is 18.8 Å². The number of alkyl halides is 1. The van der Waals surface area contributed by atoms with Gasteiger partial charge in [0, 0.05) is 32.6 Å². The van der Waals surface area contributed by atoms with Crippen molar-refractivity contribution in [1.82, 2.24) is 8.61 Å². The Morgan fingerprint density at radius 1 is 1.29 bits per heavy atom.